The van der Waals surface area contributed by atoms with E-state index in [1.54, 1.807) is 23.4 Å². The number of para-hydroxylation sites is 1. The molecule has 0 atom stereocenters. The molecule has 0 saturated heterocycles. The Labute approximate surface area is 175 Å². The zero-order valence-corrected chi connectivity index (χ0v) is 17.5. The first-order chi connectivity index (χ1) is 13.7. The van der Waals surface area contributed by atoms with E-state index < -0.39 is 0 Å². The number of benzene rings is 3. The fourth-order valence-corrected chi connectivity index (χ4v) is 4.24. The summed E-state index contributed by atoms with van der Waals surface area (Å²) in [5.41, 5.74) is 2.56. The maximum atomic E-state index is 13.3. The summed E-state index contributed by atoms with van der Waals surface area (Å²) in [7, 11) is 1.65. The van der Waals surface area contributed by atoms with Gasteiger partial charge >= 0.3 is 0 Å². The van der Waals surface area contributed by atoms with E-state index in [-0.39, 0.29) is 5.56 Å². The maximum absolute atomic E-state index is 13.3. The van der Waals surface area contributed by atoms with E-state index in [4.69, 9.17) is 9.72 Å². The Morgan fingerprint density at radius 2 is 1.79 bits per heavy atom. The molecule has 3 aromatic carbocycles. The van der Waals surface area contributed by atoms with Crippen LogP contribution < -0.4 is 10.3 Å². The molecule has 28 heavy (non-hydrogen) atoms. The van der Waals surface area contributed by atoms with E-state index in [2.05, 4.69) is 15.9 Å². The van der Waals surface area contributed by atoms with Gasteiger partial charge in [0.05, 0.1) is 23.7 Å². The molecule has 0 N–H and O–H groups in total. The normalized spacial score (nSPS) is 10.9. The summed E-state index contributed by atoms with van der Waals surface area (Å²) in [4.78, 5) is 18.1. The average molecular weight is 453 g/mol. The Kier molecular flexibility index (Phi) is 5.50. The molecule has 0 fully saturated rings. The first-order valence-corrected chi connectivity index (χ1v) is 10.5. The molecule has 0 saturated carbocycles. The number of rotatable bonds is 5. The monoisotopic (exact) mass is 452 g/mol. The van der Waals surface area contributed by atoms with Crippen molar-refractivity contribution in [2.45, 2.75) is 10.9 Å². The second-order valence-corrected chi connectivity index (χ2v) is 8.03. The van der Waals surface area contributed by atoms with Gasteiger partial charge in [-0.2, -0.15) is 0 Å². The first-order valence-electron chi connectivity index (χ1n) is 8.69. The minimum atomic E-state index is -0.0743. The highest BCUT2D eigenvalue weighted by atomic mass is 79.9. The Morgan fingerprint density at radius 1 is 1.04 bits per heavy atom. The van der Waals surface area contributed by atoms with Crippen LogP contribution in [0.25, 0.3) is 16.6 Å². The predicted molar refractivity (Wildman–Crippen MR) is 118 cm³/mol. The minimum absolute atomic E-state index is 0.0743. The molecular formula is C22H17BrN2O2S. The van der Waals surface area contributed by atoms with Crippen molar-refractivity contribution >= 4 is 38.6 Å². The van der Waals surface area contributed by atoms with Crippen LogP contribution in [0.2, 0.25) is 0 Å². The Bertz CT molecular complexity index is 1170. The average Bonchev–Trinajstić information content (AvgIpc) is 2.74. The van der Waals surface area contributed by atoms with Gasteiger partial charge < -0.3 is 4.74 Å². The number of halogens is 1. The number of hydrogen-bond donors (Lipinski definition) is 0. The zero-order chi connectivity index (χ0) is 19.5. The number of methoxy groups -OCH3 is 1. The molecular weight excluding hydrogens is 436 g/mol. The minimum Gasteiger partial charge on any atom is -0.497 e. The fraction of sp³-hybridized carbons (Fsp3) is 0.0909. The summed E-state index contributed by atoms with van der Waals surface area (Å²) in [6.45, 7) is 0. The SMILES string of the molecule is COc1ccc(CSc2nc3ccc(Br)cc3c(=O)n2-c2ccccc2)cc1. The lowest BCUT2D eigenvalue weighted by Crippen LogP contribution is -2.21. The maximum Gasteiger partial charge on any atom is 0.266 e. The van der Waals surface area contributed by atoms with Crippen molar-refractivity contribution in [1.82, 2.24) is 9.55 Å². The van der Waals surface area contributed by atoms with Crippen LogP contribution in [0.5, 0.6) is 5.75 Å². The van der Waals surface area contributed by atoms with Crippen molar-refractivity contribution in [2.24, 2.45) is 0 Å². The van der Waals surface area contributed by atoms with Crippen LogP contribution in [0.4, 0.5) is 0 Å². The number of thioether (sulfide) groups is 1. The van der Waals surface area contributed by atoms with Crippen molar-refractivity contribution in [2.75, 3.05) is 7.11 Å². The van der Waals surface area contributed by atoms with Gasteiger partial charge in [-0.3, -0.25) is 9.36 Å². The Balaban J connectivity index is 1.79. The van der Waals surface area contributed by atoms with Crippen molar-refractivity contribution in [3.63, 3.8) is 0 Å². The van der Waals surface area contributed by atoms with Gasteiger partial charge in [0, 0.05) is 10.2 Å². The molecule has 6 heteroatoms. The molecule has 4 nitrogen and oxygen atoms in total. The van der Waals surface area contributed by atoms with Gasteiger partial charge in [-0.15, -0.1) is 0 Å². The van der Waals surface area contributed by atoms with Crippen molar-refractivity contribution in [3.8, 4) is 11.4 Å². The Morgan fingerprint density at radius 3 is 2.50 bits per heavy atom. The van der Waals surface area contributed by atoms with E-state index in [0.717, 1.165) is 21.5 Å². The summed E-state index contributed by atoms with van der Waals surface area (Å²) >= 11 is 4.99. The third kappa shape index (κ3) is 3.84. The largest absolute Gasteiger partial charge is 0.497 e. The second kappa shape index (κ2) is 8.20. The zero-order valence-electron chi connectivity index (χ0n) is 15.1. The van der Waals surface area contributed by atoms with Crippen molar-refractivity contribution in [1.29, 1.82) is 0 Å². The molecule has 4 rings (SSSR count). The quantitative estimate of drug-likeness (QED) is 0.298. The third-order valence-electron chi connectivity index (χ3n) is 4.34. The molecule has 0 aliphatic rings. The summed E-state index contributed by atoms with van der Waals surface area (Å²) in [6, 6.07) is 23.1. The van der Waals surface area contributed by atoms with E-state index in [9.17, 15) is 4.79 Å². The molecule has 1 heterocycles. The second-order valence-electron chi connectivity index (χ2n) is 6.17. The van der Waals surface area contributed by atoms with Crippen LogP contribution in [0.3, 0.4) is 0 Å². The van der Waals surface area contributed by atoms with E-state index in [0.29, 0.717) is 21.8 Å². The topological polar surface area (TPSA) is 44.1 Å². The third-order valence-corrected chi connectivity index (χ3v) is 5.84. The number of nitrogens with zero attached hydrogens (tertiary/aromatic N) is 2. The molecule has 140 valence electrons. The van der Waals surface area contributed by atoms with Gasteiger partial charge in [0.15, 0.2) is 5.16 Å². The lowest BCUT2D eigenvalue weighted by Gasteiger charge is -2.13. The fourth-order valence-electron chi connectivity index (χ4n) is 2.91. The van der Waals surface area contributed by atoms with E-state index in [1.165, 1.54) is 0 Å². The number of ether oxygens (including phenoxy) is 1. The van der Waals surface area contributed by atoms with Crippen LogP contribution in [-0.2, 0) is 5.75 Å². The molecule has 0 unspecified atom stereocenters. The molecule has 4 aromatic rings. The van der Waals surface area contributed by atoms with Gasteiger partial charge in [0.1, 0.15) is 5.75 Å². The molecule has 0 spiro atoms. The van der Waals surface area contributed by atoms with Gasteiger partial charge in [-0.25, -0.2) is 4.98 Å². The van der Waals surface area contributed by atoms with Gasteiger partial charge in [-0.1, -0.05) is 58.0 Å². The molecule has 0 aliphatic carbocycles. The highest BCUT2D eigenvalue weighted by Crippen LogP contribution is 2.26. The van der Waals surface area contributed by atoms with Crippen LogP contribution in [0.1, 0.15) is 5.56 Å². The molecule has 0 amide bonds. The van der Waals surface area contributed by atoms with Crippen LogP contribution >= 0.6 is 27.7 Å². The number of fused-ring (bicyclic) bond motifs is 1. The van der Waals surface area contributed by atoms with Crippen molar-refractivity contribution < 1.29 is 4.74 Å². The molecule has 0 bridgehead atoms. The standard InChI is InChI=1S/C22H17BrN2O2S/c1-27-18-10-7-15(8-11-18)14-28-22-24-20-12-9-16(23)13-19(20)21(26)25(22)17-5-3-2-4-6-17/h2-13H,14H2,1H3. The van der Waals surface area contributed by atoms with Gasteiger partial charge in [0.25, 0.3) is 5.56 Å². The van der Waals surface area contributed by atoms with E-state index >= 15 is 0 Å². The molecule has 0 radical (unpaired) electrons. The van der Waals surface area contributed by atoms with E-state index in [1.807, 2.05) is 72.8 Å². The Hall–Kier alpha value is -2.57. The first kappa shape index (κ1) is 18.8. The summed E-state index contributed by atoms with van der Waals surface area (Å²) in [5, 5.41) is 1.26. The van der Waals surface area contributed by atoms with Crippen molar-refractivity contribution in [3.05, 3.63) is 93.2 Å². The molecule has 0 aliphatic heterocycles. The van der Waals surface area contributed by atoms with Gasteiger partial charge in [-0.05, 0) is 48.0 Å². The summed E-state index contributed by atoms with van der Waals surface area (Å²) in [5.74, 6) is 1.52. The van der Waals surface area contributed by atoms with Gasteiger partial charge in [0.2, 0.25) is 0 Å². The lowest BCUT2D eigenvalue weighted by molar-refractivity contribution is 0.414. The highest BCUT2D eigenvalue weighted by molar-refractivity contribution is 9.10. The van der Waals surface area contributed by atoms with Crippen LogP contribution in [-0.4, -0.2) is 16.7 Å². The van der Waals surface area contributed by atoms with Crippen LogP contribution in [0, 0.1) is 0 Å². The number of aromatic nitrogens is 2. The summed E-state index contributed by atoms with van der Waals surface area (Å²) in [6.07, 6.45) is 0. The highest BCUT2D eigenvalue weighted by Gasteiger charge is 2.14. The van der Waals surface area contributed by atoms with Crippen LogP contribution in [0.15, 0.2) is 87.2 Å². The number of hydrogen-bond acceptors (Lipinski definition) is 4. The predicted octanol–water partition coefficient (Wildman–Crippen LogP) is 5.45. The lowest BCUT2D eigenvalue weighted by atomic mass is 10.2. The smallest absolute Gasteiger partial charge is 0.266 e. The summed E-state index contributed by atoms with van der Waals surface area (Å²) < 4.78 is 7.76. The molecule has 1 aromatic heterocycles.